The maximum absolute atomic E-state index is 11.9. The van der Waals surface area contributed by atoms with Crippen molar-refractivity contribution in [3.05, 3.63) is 52.2 Å². The minimum absolute atomic E-state index is 0.106. The lowest BCUT2D eigenvalue weighted by Crippen LogP contribution is -2.30. The Bertz CT molecular complexity index is 814. The molecule has 7 nitrogen and oxygen atoms in total. The third kappa shape index (κ3) is 4.88. The van der Waals surface area contributed by atoms with E-state index < -0.39 is 22.6 Å². The van der Waals surface area contributed by atoms with E-state index in [1.807, 2.05) is 17.5 Å². The van der Waals surface area contributed by atoms with Crippen molar-refractivity contribution in [1.82, 2.24) is 4.90 Å². The van der Waals surface area contributed by atoms with Gasteiger partial charge in [-0.3, -0.25) is 4.79 Å². The minimum atomic E-state index is -3.82. The number of ether oxygens (including phenoxy) is 1. The number of sulfonamides is 1. The van der Waals surface area contributed by atoms with E-state index in [1.54, 1.807) is 7.05 Å². The van der Waals surface area contributed by atoms with Crippen LogP contribution in [0.5, 0.6) is 0 Å². The molecule has 0 atom stereocenters. The van der Waals surface area contributed by atoms with Crippen molar-refractivity contribution >= 4 is 33.2 Å². The molecule has 1 aromatic carbocycles. The highest BCUT2D eigenvalue weighted by Crippen LogP contribution is 2.12. The molecule has 9 heteroatoms. The number of carbonyl (C=O) groups excluding carboxylic acids is 2. The molecule has 0 unspecified atom stereocenters. The molecule has 1 amide bonds. The number of benzene rings is 1. The number of rotatable bonds is 6. The SMILES string of the molecule is CN(Cc1cccs1)C(=O)COC(=O)c1ccc(S(N)(=O)=O)cc1. The van der Waals surface area contributed by atoms with E-state index in [-0.39, 0.29) is 16.4 Å². The molecule has 0 aliphatic carbocycles. The summed E-state index contributed by atoms with van der Waals surface area (Å²) in [6.45, 7) is 0.0504. The fourth-order valence-electron chi connectivity index (χ4n) is 1.83. The van der Waals surface area contributed by atoms with Crippen LogP contribution in [0.15, 0.2) is 46.7 Å². The maximum atomic E-state index is 11.9. The zero-order chi connectivity index (χ0) is 17.7. The first-order chi connectivity index (χ1) is 11.3. The Morgan fingerprint density at radius 1 is 1.21 bits per heavy atom. The molecule has 2 aromatic rings. The number of likely N-dealkylation sites (N-methyl/N-ethyl adjacent to an activating group) is 1. The fraction of sp³-hybridized carbons (Fsp3) is 0.200. The van der Waals surface area contributed by atoms with E-state index in [4.69, 9.17) is 9.88 Å². The Kier molecular flexibility index (Phi) is 5.71. The van der Waals surface area contributed by atoms with Gasteiger partial charge in [-0.15, -0.1) is 11.3 Å². The summed E-state index contributed by atoms with van der Waals surface area (Å²) in [7, 11) is -2.20. The van der Waals surface area contributed by atoms with Gasteiger partial charge in [-0.05, 0) is 35.7 Å². The van der Waals surface area contributed by atoms with E-state index in [2.05, 4.69) is 0 Å². The van der Waals surface area contributed by atoms with Gasteiger partial charge in [0.15, 0.2) is 6.61 Å². The molecule has 128 valence electrons. The van der Waals surface area contributed by atoms with Gasteiger partial charge >= 0.3 is 5.97 Å². The Hall–Kier alpha value is -2.23. The Morgan fingerprint density at radius 2 is 1.88 bits per heavy atom. The summed E-state index contributed by atoms with van der Waals surface area (Å²) < 4.78 is 27.2. The second-order valence-corrected chi connectivity index (χ2v) is 7.57. The molecule has 2 N–H and O–H groups in total. The summed E-state index contributed by atoms with van der Waals surface area (Å²) in [5.41, 5.74) is 0.135. The van der Waals surface area contributed by atoms with Gasteiger partial charge in [0.2, 0.25) is 10.0 Å². The molecule has 0 spiro atoms. The largest absolute Gasteiger partial charge is 0.452 e. The molecule has 24 heavy (non-hydrogen) atoms. The van der Waals surface area contributed by atoms with Crippen molar-refractivity contribution in [2.75, 3.05) is 13.7 Å². The molecule has 0 bridgehead atoms. The molecular weight excluding hydrogens is 352 g/mol. The number of hydrogen-bond acceptors (Lipinski definition) is 6. The van der Waals surface area contributed by atoms with E-state index in [0.717, 1.165) is 4.88 Å². The van der Waals surface area contributed by atoms with Crippen LogP contribution in [0.25, 0.3) is 0 Å². The van der Waals surface area contributed by atoms with Crippen molar-refractivity contribution in [3.63, 3.8) is 0 Å². The van der Waals surface area contributed by atoms with Crippen molar-refractivity contribution < 1.29 is 22.7 Å². The van der Waals surface area contributed by atoms with Crippen molar-refractivity contribution in [1.29, 1.82) is 0 Å². The van der Waals surface area contributed by atoms with Gasteiger partial charge in [-0.2, -0.15) is 0 Å². The number of esters is 1. The van der Waals surface area contributed by atoms with Crippen molar-refractivity contribution in [3.8, 4) is 0 Å². The molecule has 1 aromatic heterocycles. The molecule has 0 fully saturated rings. The van der Waals surface area contributed by atoms with Gasteiger partial charge in [0, 0.05) is 11.9 Å². The number of hydrogen-bond donors (Lipinski definition) is 1. The first kappa shape index (κ1) is 18.1. The highest BCUT2D eigenvalue weighted by molar-refractivity contribution is 7.89. The van der Waals surface area contributed by atoms with E-state index in [0.29, 0.717) is 6.54 Å². The van der Waals surface area contributed by atoms with Gasteiger partial charge in [0.1, 0.15) is 0 Å². The highest BCUT2D eigenvalue weighted by atomic mass is 32.2. The average molecular weight is 368 g/mol. The van der Waals surface area contributed by atoms with Crippen LogP contribution in [0.3, 0.4) is 0 Å². The summed E-state index contributed by atoms with van der Waals surface area (Å²) in [5.74, 6) is -1.05. The van der Waals surface area contributed by atoms with Crippen LogP contribution < -0.4 is 5.14 Å². The Morgan fingerprint density at radius 3 is 2.42 bits per heavy atom. The number of thiophene rings is 1. The average Bonchev–Trinajstić information content (AvgIpc) is 3.04. The van der Waals surface area contributed by atoms with Gasteiger partial charge < -0.3 is 9.64 Å². The quantitative estimate of drug-likeness (QED) is 0.771. The molecule has 0 saturated carbocycles. The summed E-state index contributed by atoms with van der Waals surface area (Å²) in [6.07, 6.45) is 0. The van der Waals surface area contributed by atoms with E-state index in [1.165, 1.54) is 40.5 Å². The maximum Gasteiger partial charge on any atom is 0.338 e. The number of nitrogens with zero attached hydrogens (tertiary/aromatic N) is 1. The van der Waals surface area contributed by atoms with Gasteiger partial charge in [-0.1, -0.05) is 6.07 Å². The molecule has 1 heterocycles. The smallest absolute Gasteiger partial charge is 0.338 e. The third-order valence-corrected chi connectivity index (χ3v) is 4.93. The number of amides is 1. The van der Waals surface area contributed by atoms with Crippen LogP contribution in [-0.4, -0.2) is 38.8 Å². The molecule has 0 aliphatic heterocycles. The lowest BCUT2D eigenvalue weighted by atomic mass is 10.2. The van der Waals surface area contributed by atoms with Crippen molar-refractivity contribution in [2.45, 2.75) is 11.4 Å². The highest BCUT2D eigenvalue weighted by Gasteiger charge is 2.15. The molecule has 0 saturated heterocycles. The number of carbonyl (C=O) groups is 2. The fourth-order valence-corrected chi connectivity index (χ4v) is 3.10. The predicted molar refractivity (Wildman–Crippen MR) is 88.9 cm³/mol. The number of primary sulfonamides is 1. The second kappa shape index (κ2) is 7.56. The predicted octanol–water partition coefficient (Wildman–Crippen LogP) is 1.21. The zero-order valence-corrected chi connectivity index (χ0v) is 14.5. The standard InChI is InChI=1S/C15H16N2O5S2/c1-17(9-12-3-2-8-23-12)14(18)10-22-15(19)11-4-6-13(7-5-11)24(16,20)21/h2-8H,9-10H2,1H3,(H2,16,20,21). The minimum Gasteiger partial charge on any atom is -0.452 e. The summed E-state index contributed by atoms with van der Waals surface area (Å²) in [4.78, 5) is 26.2. The normalized spacial score (nSPS) is 11.1. The topological polar surface area (TPSA) is 107 Å². The van der Waals surface area contributed by atoms with E-state index in [9.17, 15) is 18.0 Å². The lowest BCUT2D eigenvalue weighted by Gasteiger charge is -2.16. The van der Waals surface area contributed by atoms with Crippen LogP contribution in [-0.2, 0) is 26.1 Å². The van der Waals surface area contributed by atoms with Crippen LogP contribution >= 0.6 is 11.3 Å². The Balaban J connectivity index is 1.89. The molecule has 2 rings (SSSR count). The first-order valence-corrected chi connectivity index (χ1v) is 9.26. The zero-order valence-electron chi connectivity index (χ0n) is 12.8. The van der Waals surface area contributed by atoms with Crippen molar-refractivity contribution in [2.24, 2.45) is 5.14 Å². The van der Waals surface area contributed by atoms with Crippen LogP contribution in [0.1, 0.15) is 15.2 Å². The van der Waals surface area contributed by atoms with Gasteiger partial charge in [0.05, 0.1) is 17.0 Å². The summed E-state index contributed by atoms with van der Waals surface area (Å²) in [6, 6.07) is 8.77. The van der Waals surface area contributed by atoms with Crippen LogP contribution in [0.2, 0.25) is 0 Å². The number of nitrogens with two attached hydrogens (primary N) is 1. The van der Waals surface area contributed by atoms with Gasteiger partial charge in [0.25, 0.3) is 5.91 Å². The first-order valence-electron chi connectivity index (χ1n) is 6.83. The van der Waals surface area contributed by atoms with E-state index >= 15 is 0 Å². The monoisotopic (exact) mass is 368 g/mol. The molecular formula is C15H16N2O5S2. The summed E-state index contributed by atoms with van der Waals surface area (Å²) in [5, 5.41) is 6.89. The molecule has 0 radical (unpaired) electrons. The second-order valence-electron chi connectivity index (χ2n) is 4.97. The summed E-state index contributed by atoms with van der Waals surface area (Å²) >= 11 is 1.53. The third-order valence-electron chi connectivity index (χ3n) is 3.14. The van der Waals surface area contributed by atoms with Gasteiger partial charge in [-0.25, -0.2) is 18.4 Å². The Labute approximate surface area is 143 Å². The lowest BCUT2D eigenvalue weighted by molar-refractivity contribution is -0.133. The van der Waals surface area contributed by atoms with Crippen LogP contribution in [0.4, 0.5) is 0 Å². The van der Waals surface area contributed by atoms with Crippen LogP contribution in [0, 0.1) is 0 Å². The molecule has 0 aliphatic rings.